The third-order valence-electron chi connectivity index (χ3n) is 4.48. The number of anilines is 2. The molecule has 0 N–H and O–H groups in total. The van der Waals surface area contributed by atoms with Crippen LogP contribution in [0.5, 0.6) is 0 Å². The lowest BCUT2D eigenvalue weighted by Crippen LogP contribution is -2.41. The van der Waals surface area contributed by atoms with E-state index in [1.807, 2.05) is 28.2 Å². The molecule has 1 aliphatic heterocycles. The maximum absolute atomic E-state index is 6.16. The van der Waals surface area contributed by atoms with Crippen LogP contribution in [0.3, 0.4) is 0 Å². The van der Waals surface area contributed by atoms with Gasteiger partial charge in [-0.1, -0.05) is 0 Å². The van der Waals surface area contributed by atoms with E-state index < -0.39 is 0 Å². The van der Waals surface area contributed by atoms with Gasteiger partial charge >= 0.3 is 7.12 Å². The zero-order chi connectivity index (χ0) is 16.0. The fourth-order valence-corrected chi connectivity index (χ4v) is 2.25. The van der Waals surface area contributed by atoms with Crippen molar-refractivity contribution < 1.29 is 9.31 Å². The van der Waals surface area contributed by atoms with Crippen LogP contribution >= 0.6 is 0 Å². The molecular formula is C16H27BN2O2. The topological polar surface area (TPSA) is 24.9 Å². The molecule has 1 aliphatic rings. The van der Waals surface area contributed by atoms with Crippen LogP contribution in [0.25, 0.3) is 0 Å². The van der Waals surface area contributed by atoms with E-state index in [9.17, 15) is 0 Å². The summed E-state index contributed by atoms with van der Waals surface area (Å²) in [5.41, 5.74) is 2.72. The second-order valence-electron chi connectivity index (χ2n) is 7.16. The van der Waals surface area contributed by atoms with Gasteiger partial charge in [0.15, 0.2) is 0 Å². The van der Waals surface area contributed by atoms with E-state index in [0.29, 0.717) is 0 Å². The van der Waals surface area contributed by atoms with Gasteiger partial charge in [0, 0.05) is 39.6 Å². The highest BCUT2D eigenvalue weighted by Gasteiger charge is 2.51. The Morgan fingerprint density at radius 3 is 1.48 bits per heavy atom. The largest absolute Gasteiger partial charge is 0.494 e. The lowest BCUT2D eigenvalue weighted by atomic mass is 9.78. The second-order valence-corrected chi connectivity index (χ2v) is 7.16. The third kappa shape index (κ3) is 3.04. The molecule has 116 valence electrons. The van der Waals surface area contributed by atoms with Crippen molar-refractivity contribution in [1.82, 2.24) is 0 Å². The molecule has 1 heterocycles. The predicted molar refractivity (Wildman–Crippen MR) is 90.8 cm³/mol. The van der Waals surface area contributed by atoms with Gasteiger partial charge in [-0.3, -0.25) is 0 Å². The Kier molecular flexibility index (Phi) is 4.02. The summed E-state index contributed by atoms with van der Waals surface area (Å²) in [5.74, 6) is 0. The molecule has 1 aromatic carbocycles. The molecule has 0 aromatic heterocycles. The van der Waals surface area contributed by atoms with Crippen molar-refractivity contribution in [2.75, 3.05) is 38.0 Å². The summed E-state index contributed by atoms with van der Waals surface area (Å²) < 4.78 is 12.3. The summed E-state index contributed by atoms with van der Waals surface area (Å²) in [6.45, 7) is 8.32. The van der Waals surface area contributed by atoms with E-state index in [4.69, 9.17) is 9.31 Å². The van der Waals surface area contributed by atoms with Crippen molar-refractivity contribution in [3.63, 3.8) is 0 Å². The Bertz CT molecular complexity index is 485. The van der Waals surface area contributed by atoms with Gasteiger partial charge in [-0.25, -0.2) is 0 Å². The van der Waals surface area contributed by atoms with E-state index in [1.54, 1.807) is 0 Å². The Labute approximate surface area is 129 Å². The molecule has 0 saturated carbocycles. The number of benzene rings is 1. The van der Waals surface area contributed by atoms with Crippen LogP contribution in [0.4, 0.5) is 11.4 Å². The molecule has 21 heavy (non-hydrogen) atoms. The van der Waals surface area contributed by atoms with Crippen LogP contribution in [0.2, 0.25) is 0 Å². The molecule has 0 spiro atoms. The van der Waals surface area contributed by atoms with Crippen molar-refractivity contribution >= 4 is 24.0 Å². The second kappa shape index (κ2) is 5.22. The van der Waals surface area contributed by atoms with E-state index in [2.05, 4.69) is 55.7 Å². The van der Waals surface area contributed by atoms with E-state index in [0.717, 1.165) is 16.8 Å². The third-order valence-corrected chi connectivity index (χ3v) is 4.48. The standard InChI is InChI=1S/C16H27BN2O2/c1-15(2)16(3,4)21-17(20-15)12-9-13(18(5)6)11-14(10-12)19(7)8/h9-11H,1-8H3. The zero-order valence-electron chi connectivity index (χ0n) is 14.5. The SMILES string of the molecule is CN(C)c1cc(B2OC(C)(C)C(C)(C)O2)cc(N(C)C)c1. The van der Waals surface area contributed by atoms with Gasteiger partial charge in [-0.05, 0) is 51.4 Å². The van der Waals surface area contributed by atoms with Gasteiger partial charge in [0.25, 0.3) is 0 Å². The van der Waals surface area contributed by atoms with Gasteiger partial charge in [0.1, 0.15) is 0 Å². The van der Waals surface area contributed by atoms with Crippen LogP contribution in [0.15, 0.2) is 18.2 Å². The van der Waals surface area contributed by atoms with Crippen molar-refractivity contribution in [2.24, 2.45) is 0 Å². The maximum Gasteiger partial charge on any atom is 0.494 e. The first-order chi connectivity index (χ1) is 9.53. The van der Waals surface area contributed by atoms with Crippen molar-refractivity contribution in [1.29, 1.82) is 0 Å². The molecule has 1 fully saturated rings. The molecule has 0 atom stereocenters. The Hall–Kier alpha value is -1.20. The van der Waals surface area contributed by atoms with Crippen molar-refractivity contribution in [3.8, 4) is 0 Å². The van der Waals surface area contributed by atoms with Crippen LogP contribution in [-0.2, 0) is 9.31 Å². The fourth-order valence-electron chi connectivity index (χ4n) is 2.25. The average molecular weight is 290 g/mol. The summed E-state index contributed by atoms with van der Waals surface area (Å²) in [5, 5.41) is 0. The normalized spacial score (nSPS) is 19.7. The molecule has 0 bridgehead atoms. The summed E-state index contributed by atoms with van der Waals surface area (Å²) >= 11 is 0. The summed E-state index contributed by atoms with van der Waals surface area (Å²) in [7, 11) is 7.85. The first kappa shape index (κ1) is 16.2. The Balaban J connectivity index is 2.41. The first-order valence-electron chi connectivity index (χ1n) is 7.39. The predicted octanol–water partition coefficient (Wildman–Crippen LogP) is 2.12. The number of nitrogens with zero attached hydrogens (tertiary/aromatic N) is 2. The number of hydrogen-bond acceptors (Lipinski definition) is 4. The van der Waals surface area contributed by atoms with E-state index >= 15 is 0 Å². The highest BCUT2D eigenvalue weighted by Crippen LogP contribution is 2.37. The lowest BCUT2D eigenvalue weighted by molar-refractivity contribution is 0.00578. The summed E-state index contributed by atoms with van der Waals surface area (Å²) in [6.07, 6.45) is 0. The van der Waals surface area contributed by atoms with Gasteiger partial charge in [0.2, 0.25) is 0 Å². The minimum atomic E-state index is -0.325. The first-order valence-corrected chi connectivity index (χ1v) is 7.39. The molecule has 5 heteroatoms. The zero-order valence-corrected chi connectivity index (χ0v) is 14.5. The van der Waals surface area contributed by atoms with Crippen LogP contribution in [0, 0.1) is 0 Å². The van der Waals surface area contributed by atoms with Gasteiger partial charge < -0.3 is 19.1 Å². The van der Waals surface area contributed by atoms with Crippen LogP contribution < -0.4 is 15.3 Å². The Morgan fingerprint density at radius 1 is 0.762 bits per heavy atom. The molecule has 0 aliphatic carbocycles. The highest BCUT2D eigenvalue weighted by molar-refractivity contribution is 6.62. The minimum Gasteiger partial charge on any atom is -0.399 e. The number of rotatable bonds is 3. The molecule has 4 nitrogen and oxygen atoms in total. The molecule has 1 aromatic rings. The maximum atomic E-state index is 6.16. The van der Waals surface area contributed by atoms with Crippen molar-refractivity contribution in [3.05, 3.63) is 18.2 Å². The highest BCUT2D eigenvalue weighted by atomic mass is 16.7. The minimum absolute atomic E-state index is 0.315. The number of hydrogen-bond donors (Lipinski definition) is 0. The van der Waals surface area contributed by atoms with E-state index in [1.165, 1.54) is 0 Å². The molecule has 1 saturated heterocycles. The monoisotopic (exact) mass is 290 g/mol. The lowest BCUT2D eigenvalue weighted by Gasteiger charge is -2.32. The van der Waals surface area contributed by atoms with Gasteiger partial charge in [-0.15, -0.1) is 0 Å². The molecule has 2 rings (SSSR count). The van der Waals surface area contributed by atoms with Gasteiger partial charge in [0.05, 0.1) is 11.2 Å². The smallest absolute Gasteiger partial charge is 0.399 e. The quantitative estimate of drug-likeness (QED) is 0.796. The molecule has 0 radical (unpaired) electrons. The van der Waals surface area contributed by atoms with Gasteiger partial charge in [-0.2, -0.15) is 0 Å². The van der Waals surface area contributed by atoms with E-state index in [-0.39, 0.29) is 18.3 Å². The summed E-state index contributed by atoms with van der Waals surface area (Å²) in [6, 6.07) is 6.43. The summed E-state index contributed by atoms with van der Waals surface area (Å²) in [4.78, 5) is 4.20. The Morgan fingerprint density at radius 2 is 1.14 bits per heavy atom. The fraction of sp³-hybridized carbons (Fsp3) is 0.625. The van der Waals surface area contributed by atoms with Crippen LogP contribution in [-0.4, -0.2) is 46.5 Å². The molecular weight excluding hydrogens is 263 g/mol. The molecule has 0 unspecified atom stereocenters. The van der Waals surface area contributed by atoms with Crippen molar-refractivity contribution in [2.45, 2.75) is 38.9 Å². The average Bonchev–Trinajstić information content (AvgIpc) is 2.58. The molecule has 0 amide bonds. The van der Waals surface area contributed by atoms with Crippen LogP contribution in [0.1, 0.15) is 27.7 Å².